The van der Waals surface area contributed by atoms with Crippen molar-refractivity contribution in [3.8, 4) is 5.75 Å². The molecule has 108 valence electrons. The van der Waals surface area contributed by atoms with Crippen LogP contribution in [0.25, 0.3) is 0 Å². The van der Waals surface area contributed by atoms with Gasteiger partial charge in [0.1, 0.15) is 5.75 Å². The fraction of sp³-hybridized carbons (Fsp3) is 0.600. The molecule has 0 radical (unpaired) electrons. The van der Waals surface area contributed by atoms with Crippen LogP contribution in [0.15, 0.2) is 24.3 Å². The molecular weight excluding hydrogens is 240 g/mol. The van der Waals surface area contributed by atoms with Gasteiger partial charge in [0.15, 0.2) is 0 Å². The first-order valence-electron chi connectivity index (χ1n) is 6.70. The number of hydrogen-bond donors (Lipinski definition) is 2. The van der Waals surface area contributed by atoms with Gasteiger partial charge in [-0.25, -0.2) is 0 Å². The molecule has 0 fully saturated rings. The molecule has 2 unspecified atom stereocenters. The number of hydrogen-bond acceptors (Lipinski definition) is 4. The summed E-state index contributed by atoms with van der Waals surface area (Å²) in [7, 11) is 5.60. The van der Waals surface area contributed by atoms with E-state index < -0.39 is 0 Å². The van der Waals surface area contributed by atoms with Crippen LogP contribution in [0.3, 0.4) is 0 Å². The minimum absolute atomic E-state index is 0.326. The summed E-state index contributed by atoms with van der Waals surface area (Å²) in [5.74, 6) is 0.880. The number of benzene rings is 1. The lowest BCUT2D eigenvalue weighted by molar-refractivity contribution is 0.132. The van der Waals surface area contributed by atoms with Crippen molar-refractivity contribution in [1.29, 1.82) is 0 Å². The van der Waals surface area contributed by atoms with Crippen LogP contribution in [0.4, 0.5) is 0 Å². The van der Waals surface area contributed by atoms with E-state index in [1.807, 2.05) is 31.1 Å². The van der Waals surface area contributed by atoms with Gasteiger partial charge in [0.2, 0.25) is 0 Å². The predicted molar refractivity (Wildman–Crippen MR) is 78.7 cm³/mol. The zero-order chi connectivity index (χ0) is 14.3. The van der Waals surface area contributed by atoms with Crippen molar-refractivity contribution in [3.63, 3.8) is 0 Å². The third-order valence-electron chi connectivity index (χ3n) is 2.98. The van der Waals surface area contributed by atoms with Gasteiger partial charge in [-0.15, -0.1) is 0 Å². The van der Waals surface area contributed by atoms with Crippen molar-refractivity contribution in [2.24, 2.45) is 0 Å². The van der Waals surface area contributed by atoms with Gasteiger partial charge in [-0.3, -0.25) is 0 Å². The lowest BCUT2D eigenvalue weighted by Gasteiger charge is -2.19. The zero-order valence-electron chi connectivity index (χ0n) is 12.4. The van der Waals surface area contributed by atoms with E-state index in [1.165, 1.54) is 5.56 Å². The van der Waals surface area contributed by atoms with Gasteiger partial charge in [-0.05, 0) is 45.1 Å². The molecule has 1 aromatic carbocycles. The smallest absolute Gasteiger partial charge is 0.118 e. The van der Waals surface area contributed by atoms with Crippen molar-refractivity contribution < 1.29 is 9.84 Å². The predicted octanol–water partition coefficient (Wildman–Crippen LogP) is 1.14. The summed E-state index contributed by atoms with van der Waals surface area (Å²) in [6.45, 7) is 3.43. The van der Waals surface area contributed by atoms with Crippen LogP contribution >= 0.6 is 0 Å². The lowest BCUT2D eigenvalue weighted by Crippen LogP contribution is -2.39. The largest absolute Gasteiger partial charge is 0.497 e. The molecule has 2 atom stereocenters. The molecule has 0 aliphatic rings. The normalized spacial score (nSPS) is 14.4. The van der Waals surface area contributed by atoms with E-state index in [2.05, 4.69) is 24.4 Å². The Morgan fingerprint density at radius 1 is 1.26 bits per heavy atom. The van der Waals surface area contributed by atoms with Crippen molar-refractivity contribution in [2.45, 2.75) is 25.5 Å². The van der Waals surface area contributed by atoms with Gasteiger partial charge in [0, 0.05) is 19.1 Å². The maximum absolute atomic E-state index is 9.78. The summed E-state index contributed by atoms with van der Waals surface area (Å²) >= 11 is 0. The highest BCUT2D eigenvalue weighted by molar-refractivity contribution is 5.27. The Balaban J connectivity index is 2.31. The first-order chi connectivity index (χ1) is 9.01. The van der Waals surface area contributed by atoms with E-state index in [4.69, 9.17) is 4.74 Å². The first-order valence-corrected chi connectivity index (χ1v) is 6.70. The van der Waals surface area contributed by atoms with Crippen molar-refractivity contribution in [3.05, 3.63) is 29.8 Å². The third kappa shape index (κ3) is 6.57. The molecule has 2 N–H and O–H groups in total. The quantitative estimate of drug-likeness (QED) is 0.740. The van der Waals surface area contributed by atoms with Crippen molar-refractivity contribution in [2.75, 3.05) is 34.3 Å². The summed E-state index contributed by atoms with van der Waals surface area (Å²) in [4.78, 5) is 1.99. The number of aliphatic hydroxyl groups excluding tert-OH is 1. The molecule has 0 heterocycles. The second-order valence-corrected chi connectivity index (χ2v) is 5.28. The average Bonchev–Trinajstić information content (AvgIpc) is 2.36. The minimum Gasteiger partial charge on any atom is -0.497 e. The molecule has 1 aromatic rings. The summed E-state index contributed by atoms with van der Waals surface area (Å²) in [5.41, 5.74) is 1.27. The molecule has 4 nitrogen and oxygen atoms in total. The molecule has 4 heteroatoms. The van der Waals surface area contributed by atoms with E-state index >= 15 is 0 Å². The van der Waals surface area contributed by atoms with Crippen LogP contribution in [0.2, 0.25) is 0 Å². The first kappa shape index (κ1) is 16.0. The molecule has 0 spiro atoms. The highest BCUT2D eigenvalue weighted by Crippen LogP contribution is 2.12. The van der Waals surface area contributed by atoms with Crippen LogP contribution in [0.5, 0.6) is 5.75 Å². The number of nitrogens with one attached hydrogen (secondary N) is 1. The molecule has 0 bridgehead atoms. The number of likely N-dealkylation sites (N-methyl/N-ethyl adjacent to an activating group) is 1. The standard InChI is InChI=1S/C15H26N2O2/c1-12(16-10-14(18)11-17(2)3)9-13-5-7-15(19-4)8-6-13/h5-8,12,14,16,18H,9-11H2,1-4H3. The molecule has 0 aromatic heterocycles. The minimum atomic E-state index is -0.326. The highest BCUT2D eigenvalue weighted by atomic mass is 16.5. The fourth-order valence-corrected chi connectivity index (χ4v) is 2.01. The second kappa shape index (κ2) is 8.15. The van der Waals surface area contributed by atoms with Crippen LogP contribution in [-0.4, -0.2) is 56.4 Å². The van der Waals surface area contributed by atoms with E-state index in [-0.39, 0.29) is 6.10 Å². The van der Waals surface area contributed by atoms with E-state index in [1.54, 1.807) is 7.11 Å². The number of nitrogens with zero attached hydrogens (tertiary/aromatic N) is 1. The van der Waals surface area contributed by atoms with Gasteiger partial charge >= 0.3 is 0 Å². The van der Waals surface area contributed by atoms with Gasteiger partial charge in [0.05, 0.1) is 13.2 Å². The highest BCUT2D eigenvalue weighted by Gasteiger charge is 2.08. The van der Waals surface area contributed by atoms with Crippen molar-refractivity contribution in [1.82, 2.24) is 10.2 Å². The Morgan fingerprint density at radius 3 is 2.42 bits per heavy atom. The number of aliphatic hydroxyl groups is 1. The topological polar surface area (TPSA) is 44.7 Å². The molecule has 0 saturated carbocycles. The molecule has 19 heavy (non-hydrogen) atoms. The molecular formula is C15H26N2O2. The average molecular weight is 266 g/mol. The number of rotatable bonds is 8. The second-order valence-electron chi connectivity index (χ2n) is 5.28. The Bertz CT molecular complexity index is 352. The summed E-state index contributed by atoms with van der Waals surface area (Å²) in [6.07, 6.45) is 0.618. The molecule has 1 rings (SSSR count). The number of methoxy groups -OCH3 is 1. The SMILES string of the molecule is COc1ccc(CC(C)NCC(O)CN(C)C)cc1. The molecule has 0 aliphatic heterocycles. The summed E-state index contributed by atoms with van der Waals surface area (Å²) in [5, 5.41) is 13.1. The summed E-state index contributed by atoms with van der Waals surface area (Å²) < 4.78 is 5.14. The zero-order valence-corrected chi connectivity index (χ0v) is 12.4. The van der Waals surface area contributed by atoms with Crippen LogP contribution in [-0.2, 0) is 6.42 Å². The van der Waals surface area contributed by atoms with Crippen LogP contribution in [0.1, 0.15) is 12.5 Å². The van der Waals surface area contributed by atoms with Crippen LogP contribution in [0, 0.1) is 0 Å². The number of ether oxygens (including phenoxy) is 1. The third-order valence-corrected chi connectivity index (χ3v) is 2.98. The van der Waals surface area contributed by atoms with Gasteiger partial charge in [0.25, 0.3) is 0 Å². The van der Waals surface area contributed by atoms with Crippen LogP contribution < -0.4 is 10.1 Å². The maximum atomic E-state index is 9.78. The molecule has 0 saturated heterocycles. The maximum Gasteiger partial charge on any atom is 0.118 e. The Labute approximate surface area is 116 Å². The summed E-state index contributed by atoms with van der Waals surface area (Å²) in [6, 6.07) is 8.44. The monoisotopic (exact) mass is 266 g/mol. The Kier molecular flexibility index (Phi) is 6.84. The Morgan fingerprint density at radius 2 is 1.89 bits per heavy atom. The van der Waals surface area contributed by atoms with Gasteiger partial charge in [-0.1, -0.05) is 12.1 Å². The van der Waals surface area contributed by atoms with Gasteiger partial charge < -0.3 is 20.1 Å². The van der Waals surface area contributed by atoms with E-state index in [0.29, 0.717) is 19.1 Å². The molecule has 0 amide bonds. The van der Waals surface area contributed by atoms with E-state index in [0.717, 1.165) is 12.2 Å². The van der Waals surface area contributed by atoms with E-state index in [9.17, 15) is 5.11 Å². The fourth-order valence-electron chi connectivity index (χ4n) is 2.01. The Hall–Kier alpha value is -1.10. The van der Waals surface area contributed by atoms with Crippen molar-refractivity contribution >= 4 is 0 Å². The van der Waals surface area contributed by atoms with Gasteiger partial charge in [-0.2, -0.15) is 0 Å². The molecule has 0 aliphatic carbocycles. The lowest BCUT2D eigenvalue weighted by atomic mass is 10.1.